The van der Waals surface area contributed by atoms with Crippen molar-refractivity contribution < 1.29 is 4.39 Å². The van der Waals surface area contributed by atoms with Crippen LogP contribution in [0.1, 0.15) is 39.3 Å². The average Bonchev–Trinajstić information content (AvgIpc) is 2.44. The first-order valence-corrected chi connectivity index (χ1v) is 7.93. The van der Waals surface area contributed by atoms with E-state index in [1.807, 2.05) is 6.07 Å². The lowest BCUT2D eigenvalue weighted by atomic mass is 10.0. The molecule has 3 nitrogen and oxygen atoms in total. The second kappa shape index (κ2) is 6.75. The number of hydrogen-bond acceptors (Lipinski definition) is 3. The Hall–Kier alpha value is -1.13. The molecule has 3 unspecified atom stereocenters. The quantitative estimate of drug-likeness (QED) is 0.920. The van der Waals surface area contributed by atoms with Crippen LogP contribution in [0.3, 0.4) is 0 Å². The summed E-state index contributed by atoms with van der Waals surface area (Å²) in [4.78, 5) is 4.81. The molecule has 3 atom stereocenters. The first-order valence-electron chi connectivity index (χ1n) is 7.93. The molecule has 1 heterocycles. The lowest BCUT2D eigenvalue weighted by molar-refractivity contribution is 0.170. The van der Waals surface area contributed by atoms with Crippen LogP contribution in [0.25, 0.3) is 0 Å². The van der Waals surface area contributed by atoms with Gasteiger partial charge in [0.1, 0.15) is 5.82 Å². The van der Waals surface area contributed by atoms with Gasteiger partial charge < -0.3 is 10.2 Å². The van der Waals surface area contributed by atoms with Crippen LogP contribution < -0.4 is 10.2 Å². The molecule has 1 aromatic carbocycles. The van der Waals surface area contributed by atoms with Gasteiger partial charge in [0.2, 0.25) is 0 Å². The van der Waals surface area contributed by atoms with E-state index >= 15 is 0 Å². The molecule has 1 aliphatic heterocycles. The van der Waals surface area contributed by atoms with Crippen molar-refractivity contribution in [2.45, 2.75) is 45.8 Å². The third kappa shape index (κ3) is 3.55. The van der Waals surface area contributed by atoms with Crippen LogP contribution in [0.2, 0.25) is 0 Å². The van der Waals surface area contributed by atoms with E-state index in [1.54, 1.807) is 12.1 Å². The second-order valence-electron chi connectivity index (χ2n) is 6.25. The molecule has 0 bridgehead atoms. The van der Waals surface area contributed by atoms with E-state index in [4.69, 9.17) is 0 Å². The summed E-state index contributed by atoms with van der Waals surface area (Å²) in [5.74, 6) is -0.159. The van der Waals surface area contributed by atoms with Crippen molar-refractivity contribution in [3.63, 3.8) is 0 Å². The Kier molecular flexibility index (Phi) is 5.22. The molecule has 2 rings (SSSR count). The van der Waals surface area contributed by atoms with Gasteiger partial charge in [0, 0.05) is 36.9 Å². The minimum Gasteiger partial charge on any atom is -0.368 e. The zero-order valence-electron chi connectivity index (χ0n) is 13.9. The number of nitrogens with one attached hydrogen (secondary N) is 1. The minimum absolute atomic E-state index is 0.158. The fourth-order valence-electron chi connectivity index (χ4n) is 3.18. The highest BCUT2D eigenvalue weighted by molar-refractivity contribution is 5.56. The summed E-state index contributed by atoms with van der Waals surface area (Å²) in [5, 5.41) is 3.40. The largest absolute Gasteiger partial charge is 0.368 e. The normalized spacial score (nSPS) is 25.1. The Morgan fingerprint density at radius 3 is 2.48 bits per heavy atom. The summed E-state index contributed by atoms with van der Waals surface area (Å²) in [6, 6.07) is 6.35. The summed E-state index contributed by atoms with van der Waals surface area (Å²) in [7, 11) is 2.18. The van der Waals surface area contributed by atoms with Gasteiger partial charge in [-0.1, -0.05) is 6.92 Å². The van der Waals surface area contributed by atoms with Crippen molar-refractivity contribution in [3.8, 4) is 0 Å². The first-order chi connectivity index (χ1) is 9.93. The van der Waals surface area contributed by atoms with Crippen molar-refractivity contribution in [2.24, 2.45) is 0 Å². The summed E-state index contributed by atoms with van der Waals surface area (Å²) >= 11 is 0. The third-order valence-electron chi connectivity index (χ3n) is 4.67. The smallest absolute Gasteiger partial charge is 0.123 e. The van der Waals surface area contributed by atoms with E-state index in [-0.39, 0.29) is 11.9 Å². The van der Waals surface area contributed by atoms with Crippen molar-refractivity contribution in [1.82, 2.24) is 10.2 Å². The van der Waals surface area contributed by atoms with Crippen molar-refractivity contribution >= 4 is 5.69 Å². The Bertz CT molecular complexity index is 465. The van der Waals surface area contributed by atoms with E-state index in [2.05, 4.69) is 49.9 Å². The van der Waals surface area contributed by atoms with Crippen LogP contribution in [0.4, 0.5) is 10.1 Å². The minimum atomic E-state index is -0.159. The fourth-order valence-corrected chi connectivity index (χ4v) is 3.18. The first kappa shape index (κ1) is 16.2. The number of hydrogen-bond donors (Lipinski definition) is 1. The highest BCUT2D eigenvalue weighted by Crippen LogP contribution is 2.30. The monoisotopic (exact) mass is 293 g/mol. The van der Waals surface area contributed by atoms with Crippen LogP contribution in [-0.4, -0.2) is 43.7 Å². The van der Waals surface area contributed by atoms with Gasteiger partial charge in [-0.25, -0.2) is 4.39 Å². The van der Waals surface area contributed by atoms with E-state index in [0.29, 0.717) is 12.1 Å². The second-order valence-corrected chi connectivity index (χ2v) is 6.25. The van der Waals surface area contributed by atoms with E-state index in [1.165, 1.54) is 0 Å². The fraction of sp³-hybridized carbons (Fsp3) is 0.647. The van der Waals surface area contributed by atoms with Crippen molar-refractivity contribution in [2.75, 3.05) is 31.6 Å². The molecule has 21 heavy (non-hydrogen) atoms. The molecular formula is C17H28FN3. The molecular weight excluding hydrogens is 265 g/mol. The number of benzene rings is 1. The molecule has 0 radical (unpaired) electrons. The number of rotatable bonds is 4. The van der Waals surface area contributed by atoms with Crippen LogP contribution in [0.15, 0.2) is 18.2 Å². The summed E-state index contributed by atoms with van der Waals surface area (Å²) in [5.41, 5.74) is 2.22. The standard InChI is InChI=1S/C17H28FN3/c1-6-19-14(4)16-9-15(18)7-8-17(16)21-10-12(2)20(5)13(3)11-21/h7-9,12-14,19H,6,10-11H2,1-5H3. The molecule has 1 aromatic rings. The zero-order chi connectivity index (χ0) is 15.6. The lowest BCUT2D eigenvalue weighted by Gasteiger charge is -2.44. The Labute approximate surface area is 128 Å². The Morgan fingerprint density at radius 1 is 1.29 bits per heavy atom. The lowest BCUT2D eigenvalue weighted by Crippen LogP contribution is -2.55. The third-order valence-corrected chi connectivity index (χ3v) is 4.67. The van der Waals surface area contributed by atoms with Gasteiger partial charge in [-0.15, -0.1) is 0 Å². The summed E-state index contributed by atoms with van der Waals surface area (Å²) < 4.78 is 13.7. The SMILES string of the molecule is CCNC(C)c1cc(F)ccc1N1CC(C)N(C)C(C)C1. The number of likely N-dealkylation sites (N-methyl/N-ethyl adjacent to an activating group) is 1. The molecule has 0 amide bonds. The Morgan fingerprint density at radius 2 is 1.90 bits per heavy atom. The van der Waals surface area contributed by atoms with Gasteiger partial charge in [-0.2, -0.15) is 0 Å². The zero-order valence-corrected chi connectivity index (χ0v) is 13.9. The molecule has 0 spiro atoms. The van der Waals surface area contributed by atoms with Gasteiger partial charge in [-0.3, -0.25) is 4.90 Å². The molecule has 1 fully saturated rings. The van der Waals surface area contributed by atoms with Gasteiger partial charge in [-0.05, 0) is 58.1 Å². The maximum absolute atomic E-state index is 13.7. The summed E-state index contributed by atoms with van der Waals surface area (Å²) in [6.45, 7) is 11.5. The van der Waals surface area contributed by atoms with Gasteiger partial charge in [0.25, 0.3) is 0 Å². The van der Waals surface area contributed by atoms with Gasteiger partial charge in [0.05, 0.1) is 0 Å². The Balaban J connectivity index is 2.30. The highest BCUT2D eigenvalue weighted by Gasteiger charge is 2.28. The number of piperazine rings is 1. The van der Waals surface area contributed by atoms with Gasteiger partial charge >= 0.3 is 0 Å². The van der Waals surface area contributed by atoms with Crippen molar-refractivity contribution in [3.05, 3.63) is 29.6 Å². The topological polar surface area (TPSA) is 18.5 Å². The van der Waals surface area contributed by atoms with Crippen LogP contribution in [-0.2, 0) is 0 Å². The molecule has 1 aliphatic rings. The number of nitrogens with zero attached hydrogens (tertiary/aromatic N) is 2. The van der Waals surface area contributed by atoms with Crippen LogP contribution in [0, 0.1) is 5.82 Å². The molecule has 4 heteroatoms. The summed E-state index contributed by atoms with van der Waals surface area (Å²) in [6.07, 6.45) is 0. The molecule has 0 saturated carbocycles. The predicted octanol–water partition coefficient (Wildman–Crippen LogP) is 3.03. The predicted molar refractivity (Wildman–Crippen MR) is 87.4 cm³/mol. The maximum Gasteiger partial charge on any atom is 0.123 e. The van der Waals surface area contributed by atoms with Crippen LogP contribution >= 0.6 is 0 Å². The molecule has 0 aromatic heterocycles. The van der Waals surface area contributed by atoms with E-state index in [0.717, 1.165) is 30.9 Å². The average molecular weight is 293 g/mol. The molecule has 1 N–H and O–H groups in total. The van der Waals surface area contributed by atoms with E-state index in [9.17, 15) is 4.39 Å². The molecule has 118 valence electrons. The highest BCUT2D eigenvalue weighted by atomic mass is 19.1. The van der Waals surface area contributed by atoms with Crippen molar-refractivity contribution in [1.29, 1.82) is 0 Å². The van der Waals surface area contributed by atoms with Crippen LogP contribution in [0.5, 0.6) is 0 Å². The number of halogens is 1. The molecule has 1 saturated heterocycles. The van der Waals surface area contributed by atoms with E-state index < -0.39 is 0 Å². The molecule has 0 aliphatic carbocycles. The maximum atomic E-state index is 13.7. The number of anilines is 1. The van der Waals surface area contributed by atoms with Gasteiger partial charge in [0.15, 0.2) is 0 Å².